The first-order valence-corrected chi connectivity index (χ1v) is 5.83. The molecule has 0 saturated heterocycles. The van der Waals surface area contributed by atoms with Gasteiger partial charge in [0.1, 0.15) is 0 Å². The van der Waals surface area contributed by atoms with Crippen molar-refractivity contribution in [1.82, 2.24) is 15.8 Å². The lowest BCUT2D eigenvalue weighted by Gasteiger charge is -2.07. The van der Waals surface area contributed by atoms with E-state index in [1.807, 2.05) is 38.1 Å². The van der Waals surface area contributed by atoms with Gasteiger partial charge in [-0.2, -0.15) is 0 Å². The number of hydrogen-bond acceptors (Lipinski definition) is 6. The van der Waals surface area contributed by atoms with E-state index in [-0.39, 0.29) is 5.82 Å². The molecule has 2 rings (SSSR count). The number of aliphatic imine (C=N–C) groups is 1. The first kappa shape index (κ1) is 13.0. The minimum absolute atomic E-state index is 0.152. The van der Waals surface area contributed by atoms with E-state index in [2.05, 4.69) is 25.4 Å². The topological polar surface area (TPSA) is 98.6 Å². The van der Waals surface area contributed by atoms with Gasteiger partial charge in [0, 0.05) is 0 Å². The maximum atomic E-state index is 5.66. The number of aromatic nitrogens is 2. The zero-order valence-corrected chi connectivity index (χ0v) is 10.8. The fraction of sp³-hybridized carbons (Fsp3) is 0.250. The van der Waals surface area contributed by atoms with Crippen LogP contribution in [-0.2, 0) is 4.84 Å². The highest BCUT2D eigenvalue weighted by Gasteiger charge is 2.14. The highest BCUT2D eigenvalue weighted by Crippen LogP contribution is 2.19. The molecule has 0 atom stereocenters. The van der Waals surface area contributed by atoms with Crippen LogP contribution in [0, 0.1) is 6.92 Å². The molecular formula is C12H15N5O2. The second-order valence-corrected chi connectivity index (χ2v) is 3.78. The molecule has 7 heteroatoms. The zero-order valence-electron chi connectivity index (χ0n) is 10.8. The lowest BCUT2D eigenvalue weighted by Crippen LogP contribution is -2.26. The number of nitrogens with zero attached hydrogens (tertiary/aromatic N) is 3. The molecule has 1 aromatic carbocycles. The Morgan fingerprint density at radius 3 is 2.84 bits per heavy atom. The maximum absolute atomic E-state index is 5.66. The Balaban J connectivity index is 2.38. The summed E-state index contributed by atoms with van der Waals surface area (Å²) in [7, 11) is 0. The average Bonchev–Trinajstić information content (AvgIpc) is 2.83. The molecule has 19 heavy (non-hydrogen) atoms. The van der Waals surface area contributed by atoms with Crippen LogP contribution in [0.1, 0.15) is 18.2 Å². The van der Waals surface area contributed by atoms with Crippen LogP contribution >= 0.6 is 0 Å². The van der Waals surface area contributed by atoms with Gasteiger partial charge in [0.15, 0.2) is 17.3 Å². The van der Waals surface area contributed by atoms with E-state index in [0.29, 0.717) is 18.1 Å². The van der Waals surface area contributed by atoms with E-state index in [9.17, 15) is 0 Å². The van der Waals surface area contributed by atoms with Crippen molar-refractivity contribution in [3.8, 4) is 0 Å². The smallest absolute Gasteiger partial charge is 0.199 e. The van der Waals surface area contributed by atoms with E-state index in [4.69, 9.17) is 10.6 Å². The third-order valence-electron chi connectivity index (χ3n) is 2.40. The third kappa shape index (κ3) is 3.08. The molecule has 0 aliphatic rings. The van der Waals surface area contributed by atoms with Gasteiger partial charge in [-0.1, -0.05) is 18.2 Å². The standard InChI is InChI=1S/C12H15N5O2/c1-3-18-17-12(10-11(13)16-19-15-10)14-9-7-5-4-6-8(9)2/h4-7H,3H2,1-2H3,(H2,13,16)(H,14,17). The van der Waals surface area contributed by atoms with Gasteiger partial charge < -0.3 is 5.73 Å². The molecule has 0 radical (unpaired) electrons. The average molecular weight is 261 g/mol. The summed E-state index contributed by atoms with van der Waals surface area (Å²) in [6.45, 7) is 4.28. The minimum Gasteiger partial charge on any atom is -0.379 e. The molecule has 1 aromatic heterocycles. The predicted octanol–water partition coefficient (Wildman–Crippen LogP) is 1.58. The van der Waals surface area contributed by atoms with Crippen molar-refractivity contribution >= 4 is 17.3 Å². The molecule has 0 saturated carbocycles. The zero-order chi connectivity index (χ0) is 13.7. The highest BCUT2D eigenvalue weighted by molar-refractivity contribution is 6.01. The van der Waals surface area contributed by atoms with Crippen LogP contribution in [0.25, 0.3) is 0 Å². The molecular weight excluding hydrogens is 246 g/mol. The summed E-state index contributed by atoms with van der Waals surface area (Å²) in [5.74, 6) is 0.509. The van der Waals surface area contributed by atoms with Crippen molar-refractivity contribution in [1.29, 1.82) is 0 Å². The Bertz CT molecular complexity index is 579. The van der Waals surface area contributed by atoms with E-state index in [1.54, 1.807) is 0 Å². The van der Waals surface area contributed by atoms with Gasteiger partial charge in [0.25, 0.3) is 0 Å². The maximum Gasteiger partial charge on any atom is 0.199 e. The molecule has 0 aliphatic heterocycles. The summed E-state index contributed by atoms with van der Waals surface area (Å²) >= 11 is 0. The quantitative estimate of drug-likeness (QED) is 0.492. The Morgan fingerprint density at radius 1 is 1.42 bits per heavy atom. The second kappa shape index (κ2) is 5.96. The number of anilines is 1. The van der Waals surface area contributed by atoms with Crippen LogP contribution < -0.4 is 11.2 Å². The van der Waals surface area contributed by atoms with Gasteiger partial charge in [-0.3, -0.25) is 4.84 Å². The Labute approximate surface area is 110 Å². The summed E-state index contributed by atoms with van der Waals surface area (Å²) in [6, 6.07) is 7.68. The molecule has 0 bridgehead atoms. The number of hydroxylamine groups is 1. The van der Waals surface area contributed by atoms with Crippen molar-refractivity contribution < 1.29 is 9.47 Å². The van der Waals surface area contributed by atoms with Gasteiger partial charge in [-0.15, -0.1) is 0 Å². The predicted molar refractivity (Wildman–Crippen MR) is 70.8 cm³/mol. The monoisotopic (exact) mass is 261 g/mol. The van der Waals surface area contributed by atoms with Crippen molar-refractivity contribution in [3.05, 3.63) is 35.5 Å². The van der Waals surface area contributed by atoms with Gasteiger partial charge in [-0.25, -0.2) is 15.1 Å². The number of nitrogen functional groups attached to an aromatic ring is 1. The SMILES string of the molecule is CCONC(=Nc1ccccc1C)c1nonc1N. The Hall–Kier alpha value is -2.41. The fourth-order valence-electron chi connectivity index (χ4n) is 1.43. The number of rotatable bonds is 4. The summed E-state index contributed by atoms with van der Waals surface area (Å²) in [5.41, 5.74) is 10.5. The molecule has 0 fully saturated rings. The van der Waals surface area contributed by atoms with Gasteiger partial charge >= 0.3 is 0 Å². The summed E-state index contributed by atoms with van der Waals surface area (Å²) in [6.07, 6.45) is 0. The molecule has 3 N–H and O–H groups in total. The summed E-state index contributed by atoms with van der Waals surface area (Å²) < 4.78 is 4.57. The molecule has 0 unspecified atom stereocenters. The Morgan fingerprint density at radius 2 is 2.21 bits per heavy atom. The lowest BCUT2D eigenvalue weighted by molar-refractivity contribution is 0.0970. The van der Waals surface area contributed by atoms with E-state index >= 15 is 0 Å². The number of hydrogen-bond donors (Lipinski definition) is 2. The lowest BCUT2D eigenvalue weighted by atomic mass is 10.2. The van der Waals surface area contributed by atoms with Crippen molar-refractivity contribution in [2.45, 2.75) is 13.8 Å². The third-order valence-corrected chi connectivity index (χ3v) is 2.40. The summed E-state index contributed by atoms with van der Waals surface area (Å²) in [5, 5.41) is 7.24. The number of nitrogens with one attached hydrogen (secondary N) is 1. The highest BCUT2D eigenvalue weighted by atomic mass is 16.6. The molecule has 1 heterocycles. The molecule has 0 amide bonds. The number of para-hydroxylation sites is 1. The largest absolute Gasteiger partial charge is 0.379 e. The van der Waals surface area contributed by atoms with Crippen LogP contribution in [0.4, 0.5) is 11.5 Å². The van der Waals surface area contributed by atoms with Crippen LogP contribution in [0.3, 0.4) is 0 Å². The number of amidine groups is 1. The van der Waals surface area contributed by atoms with Crippen molar-refractivity contribution in [2.75, 3.05) is 12.3 Å². The van der Waals surface area contributed by atoms with Crippen molar-refractivity contribution in [2.24, 2.45) is 4.99 Å². The number of nitrogens with two attached hydrogens (primary N) is 1. The number of aryl methyl sites for hydroxylation is 1. The van der Waals surface area contributed by atoms with Gasteiger partial charge in [0.2, 0.25) is 0 Å². The number of benzene rings is 1. The van der Waals surface area contributed by atoms with E-state index in [0.717, 1.165) is 11.3 Å². The second-order valence-electron chi connectivity index (χ2n) is 3.78. The first-order valence-electron chi connectivity index (χ1n) is 5.83. The van der Waals surface area contributed by atoms with E-state index < -0.39 is 0 Å². The molecule has 2 aromatic rings. The molecule has 7 nitrogen and oxygen atoms in total. The van der Waals surface area contributed by atoms with Crippen LogP contribution in [-0.4, -0.2) is 22.8 Å². The Kier molecular flexibility index (Phi) is 4.09. The van der Waals surface area contributed by atoms with Crippen LogP contribution in [0.5, 0.6) is 0 Å². The minimum atomic E-state index is 0.152. The van der Waals surface area contributed by atoms with Crippen molar-refractivity contribution in [3.63, 3.8) is 0 Å². The van der Waals surface area contributed by atoms with Gasteiger partial charge in [0.05, 0.1) is 12.3 Å². The van der Waals surface area contributed by atoms with Gasteiger partial charge in [-0.05, 0) is 35.8 Å². The molecule has 100 valence electrons. The first-order chi connectivity index (χ1) is 9.22. The molecule has 0 aliphatic carbocycles. The molecule has 0 spiro atoms. The fourth-order valence-corrected chi connectivity index (χ4v) is 1.43. The van der Waals surface area contributed by atoms with Crippen LogP contribution in [0.2, 0.25) is 0 Å². The summed E-state index contributed by atoms with van der Waals surface area (Å²) in [4.78, 5) is 9.58. The van der Waals surface area contributed by atoms with E-state index in [1.165, 1.54) is 0 Å². The normalized spacial score (nSPS) is 11.6. The van der Waals surface area contributed by atoms with Crippen LogP contribution in [0.15, 0.2) is 33.9 Å².